The molecule has 28 heavy (non-hydrogen) atoms. The van der Waals surface area contributed by atoms with E-state index in [-0.39, 0.29) is 0 Å². The Morgan fingerprint density at radius 3 is 2.07 bits per heavy atom. The van der Waals surface area contributed by atoms with Crippen LogP contribution in [0.2, 0.25) is 0 Å². The van der Waals surface area contributed by atoms with Crippen molar-refractivity contribution in [3.05, 3.63) is 46.1 Å². The Morgan fingerprint density at radius 2 is 1.61 bits per heavy atom. The van der Waals surface area contributed by atoms with Gasteiger partial charge in [-0.1, -0.05) is 17.8 Å². The van der Waals surface area contributed by atoms with Gasteiger partial charge in [0.1, 0.15) is 0 Å². The number of thiocarbonyl (C=S) groups is 1. The van der Waals surface area contributed by atoms with Gasteiger partial charge in [-0.05, 0) is 77.3 Å². The monoisotopic (exact) mass is 417 g/mol. The molecule has 2 aromatic heterocycles. The van der Waals surface area contributed by atoms with Crippen LogP contribution in [-0.4, -0.2) is 41.5 Å². The lowest BCUT2D eigenvalue weighted by Crippen LogP contribution is -2.32. The lowest BCUT2D eigenvalue weighted by atomic mass is 10.1. The quantitative estimate of drug-likeness (QED) is 0.577. The number of aryl methyl sites for hydroxylation is 4. The van der Waals surface area contributed by atoms with E-state index in [2.05, 4.69) is 56.7 Å². The van der Waals surface area contributed by atoms with Crippen molar-refractivity contribution in [2.45, 2.75) is 66.7 Å². The van der Waals surface area contributed by atoms with E-state index in [1.165, 1.54) is 29.8 Å². The Balaban J connectivity index is 1.76. The second-order valence-electron chi connectivity index (χ2n) is 7.71. The zero-order chi connectivity index (χ0) is 20.3. The third-order valence-electron chi connectivity index (χ3n) is 5.37. The molecule has 0 unspecified atom stereocenters. The molecule has 0 bridgehead atoms. The van der Waals surface area contributed by atoms with Crippen LogP contribution in [0.4, 0.5) is 0 Å². The molecule has 5 nitrogen and oxygen atoms in total. The summed E-state index contributed by atoms with van der Waals surface area (Å²) >= 11 is 7.29. The van der Waals surface area contributed by atoms with Crippen LogP contribution in [0.1, 0.15) is 48.5 Å². The highest BCUT2D eigenvalue weighted by Gasteiger charge is 2.19. The van der Waals surface area contributed by atoms with E-state index >= 15 is 0 Å². The van der Waals surface area contributed by atoms with Crippen molar-refractivity contribution in [2.24, 2.45) is 0 Å². The topological polar surface area (TPSA) is 38.9 Å². The van der Waals surface area contributed by atoms with E-state index in [4.69, 9.17) is 12.2 Å². The molecule has 7 heteroatoms. The molecule has 0 saturated carbocycles. The third kappa shape index (κ3) is 5.13. The second-order valence-corrected chi connectivity index (χ2v) is 9.19. The Morgan fingerprint density at radius 1 is 1.04 bits per heavy atom. The van der Waals surface area contributed by atoms with Gasteiger partial charge in [-0.25, -0.2) is 0 Å². The molecule has 0 N–H and O–H groups in total. The first-order valence-corrected chi connectivity index (χ1v) is 11.5. The average Bonchev–Trinajstić information content (AvgIpc) is 3.32. The minimum absolute atomic E-state index is 0.771. The molecular weight excluding hydrogens is 386 g/mol. The maximum Gasteiger partial charge on any atom is 0.0946 e. The van der Waals surface area contributed by atoms with E-state index in [1.54, 1.807) is 17.3 Å². The van der Waals surface area contributed by atoms with Crippen LogP contribution < -0.4 is 0 Å². The zero-order valence-corrected chi connectivity index (χ0v) is 19.3. The van der Waals surface area contributed by atoms with Gasteiger partial charge in [-0.15, -0.1) is 11.8 Å². The molecule has 1 aliphatic carbocycles. The van der Waals surface area contributed by atoms with Gasteiger partial charge < -0.3 is 0 Å². The van der Waals surface area contributed by atoms with Gasteiger partial charge in [0.15, 0.2) is 0 Å². The van der Waals surface area contributed by atoms with E-state index in [0.717, 1.165) is 48.3 Å². The summed E-state index contributed by atoms with van der Waals surface area (Å²) in [6.45, 7) is 10.9. The van der Waals surface area contributed by atoms with Crippen molar-refractivity contribution < 1.29 is 0 Å². The minimum atomic E-state index is 0.771. The van der Waals surface area contributed by atoms with E-state index < -0.39 is 0 Å². The molecule has 1 aliphatic rings. The summed E-state index contributed by atoms with van der Waals surface area (Å²) in [5.74, 6) is 0. The van der Waals surface area contributed by atoms with E-state index in [1.807, 2.05) is 13.8 Å². The molecule has 0 amide bonds. The average molecular weight is 418 g/mol. The summed E-state index contributed by atoms with van der Waals surface area (Å²) in [7, 11) is 0. The highest BCUT2D eigenvalue weighted by molar-refractivity contribution is 8.23. The van der Waals surface area contributed by atoms with E-state index in [0.29, 0.717) is 0 Å². The summed E-state index contributed by atoms with van der Waals surface area (Å²) in [6.07, 6.45) is 6.71. The Labute approximate surface area is 178 Å². The van der Waals surface area contributed by atoms with Gasteiger partial charge in [0, 0.05) is 17.9 Å². The lowest BCUT2D eigenvalue weighted by Gasteiger charge is -2.24. The summed E-state index contributed by atoms with van der Waals surface area (Å²) in [4.78, 5) is 2.43. The molecule has 0 saturated heterocycles. The van der Waals surface area contributed by atoms with Crippen molar-refractivity contribution in [2.75, 3.05) is 12.8 Å². The number of thioether (sulfide) groups is 1. The zero-order valence-electron chi connectivity index (χ0n) is 17.7. The molecule has 0 aromatic carbocycles. The fourth-order valence-corrected chi connectivity index (χ4v) is 4.69. The predicted octanol–water partition coefficient (Wildman–Crippen LogP) is 4.79. The van der Waals surface area contributed by atoms with Crippen LogP contribution in [0.3, 0.4) is 0 Å². The molecule has 0 radical (unpaired) electrons. The van der Waals surface area contributed by atoms with Gasteiger partial charge in [0.05, 0.1) is 28.9 Å². The highest BCUT2D eigenvalue weighted by Crippen LogP contribution is 2.32. The van der Waals surface area contributed by atoms with Gasteiger partial charge in [0.25, 0.3) is 0 Å². The maximum atomic E-state index is 5.58. The van der Waals surface area contributed by atoms with Crippen LogP contribution >= 0.6 is 24.0 Å². The van der Waals surface area contributed by atoms with Crippen LogP contribution in [0.5, 0.6) is 0 Å². The first kappa shape index (κ1) is 21.3. The van der Waals surface area contributed by atoms with Crippen LogP contribution in [0.15, 0.2) is 23.3 Å². The fraction of sp³-hybridized carbons (Fsp3) is 0.571. The number of hydrogen-bond donors (Lipinski definition) is 0. The molecule has 152 valence electrons. The Hall–Kier alpha value is -1.44. The van der Waals surface area contributed by atoms with Crippen molar-refractivity contribution in [3.63, 3.8) is 0 Å². The minimum Gasteiger partial charge on any atom is -0.265 e. The smallest absolute Gasteiger partial charge is 0.0946 e. The first-order chi connectivity index (χ1) is 13.4. The summed E-state index contributed by atoms with van der Waals surface area (Å²) < 4.78 is 5.27. The van der Waals surface area contributed by atoms with E-state index in [9.17, 15) is 0 Å². The lowest BCUT2D eigenvalue weighted by molar-refractivity contribution is 0.151. The largest absolute Gasteiger partial charge is 0.265 e. The molecule has 0 aliphatic heterocycles. The van der Waals surface area contributed by atoms with Gasteiger partial charge in [-0.2, -0.15) is 10.2 Å². The van der Waals surface area contributed by atoms with Crippen LogP contribution in [-0.2, 0) is 13.3 Å². The Kier molecular flexibility index (Phi) is 7.12. The maximum absolute atomic E-state index is 5.58. The fourth-order valence-electron chi connectivity index (χ4n) is 3.95. The number of hydrogen-bond acceptors (Lipinski definition) is 5. The Bertz CT molecular complexity index is 829. The molecular formula is C21H31N5S2. The second kappa shape index (κ2) is 9.37. The van der Waals surface area contributed by atoms with Crippen molar-refractivity contribution >= 4 is 28.2 Å². The molecule has 2 heterocycles. The third-order valence-corrected chi connectivity index (χ3v) is 6.73. The standard InChI is InChI=1S/C21H31N5S2/c1-15-11-17(3)25(22-15)13-24(14-26-18(4)12-16(2)23-26)10-9-19-7-6-8-20(19)21(27)28-5/h11-12H,6-10,13-14H2,1-5H3. The highest BCUT2D eigenvalue weighted by atomic mass is 32.2. The molecule has 2 aromatic rings. The number of nitrogens with zero attached hydrogens (tertiary/aromatic N) is 5. The SMILES string of the molecule is CSC(=S)C1=C(CCN(Cn2nc(C)cc2C)Cn2nc(C)cc2C)CCC1. The number of rotatable bonds is 8. The molecule has 0 fully saturated rings. The molecule has 3 rings (SSSR count). The van der Waals surface area contributed by atoms with Crippen LogP contribution in [0.25, 0.3) is 0 Å². The van der Waals surface area contributed by atoms with Gasteiger partial charge in [0.2, 0.25) is 0 Å². The van der Waals surface area contributed by atoms with Gasteiger partial charge >= 0.3 is 0 Å². The van der Waals surface area contributed by atoms with Crippen molar-refractivity contribution in [1.82, 2.24) is 24.5 Å². The van der Waals surface area contributed by atoms with Crippen molar-refractivity contribution in [1.29, 1.82) is 0 Å². The van der Waals surface area contributed by atoms with Crippen LogP contribution in [0, 0.1) is 27.7 Å². The number of aromatic nitrogens is 4. The summed E-state index contributed by atoms with van der Waals surface area (Å²) in [5.41, 5.74) is 7.50. The normalized spacial score (nSPS) is 14.5. The van der Waals surface area contributed by atoms with Crippen molar-refractivity contribution in [3.8, 4) is 0 Å². The molecule has 0 atom stereocenters. The first-order valence-electron chi connectivity index (χ1n) is 9.91. The van der Waals surface area contributed by atoms with Gasteiger partial charge in [-0.3, -0.25) is 14.3 Å². The summed E-state index contributed by atoms with van der Waals surface area (Å²) in [6, 6.07) is 4.27. The predicted molar refractivity (Wildman–Crippen MR) is 122 cm³/mol. The summed E-state index contributed by atoms with van der Waals surface area (Å²) in [5, 5.41) is 9.33. The molecule has 0 spiro atoms.